The van der Waals surface area contributed by atoms with Gasteiger partial charge in [0.15, 0.2) is 0 Å². The third kappa shape index (κ3) is 5.07. The van der Waals surface area contributed by atoms with E-state index in [9.17, 15) is 14.9 Å². The Kier molecular flexibility index (Phi) is 7.91. The number of nitriles is 1. The first-order valence-electron chi connectivity index (χ1n) is 14.7. The number of hydrogen-bond donors (Lipinski definition) is 2. The zero-order valence-electron chi connectivity index (χ0n) is 25.2. The first kappa shape index (κ1) is 29.4. The Hall–Kier alpha value is -4.09. The molecule has 1 saturated heterocycles. The Labute approximate surface area is 249 Å². The second-order valence-corrected chi connectivity index (χ2v) is 12.4. The molecule has 1 aliphatic heterocycles. The fourth-order valence-electron chi connectivity index (χ4n) is 6.96. The van der Waals surface area contributed by atoms with Crippen LogP contribution in [0.3, 0.4) is 0 Å². The van der Waals surface area contributed by atoms with Crippen molar-refractivity contribution >= 4 is 17.5 Å². The highest BCUT2D eigenvalue weighted by molar-refractivity contribution is 5.96. The number of nitrogens with two attached hydrogens (primary N) is 1. The highest BCUT2D eigenvalue weighted by atomic mass is 16.2. The lowest BCUT2D eigenvalue weighted by Crippen LogP contribution is -2.45. The average molecular weight is 567 g/mol. The van der Waals surface area contributed by atoms with Crippen LogP contribution in [0.25, 0.3) is 5.70 Å². The number of piperidine rings is 1. The normalized spacial score (nSPS) is 23.5. The predicted molar refractivity (Wildman–Crippen MR) is 165 cm³/mol. The zero-order valence-corrected chi connectivity index (χ0v) is 25.2. The number of carbonyl (C=O) groups is 2. The molecule has 2 aromatic rings. The Bertz CT molecular complexity index is 1410. The maximum atomic E-state index is 13.7. The molecule has 220 valence electrons. The van der Waals surface area contributed by atoms with E-state index in [1.165, 1.54) is 0 Å². The van der Waals surface area contributed by atoms with Crippen LogP contribution in [0.2, 0.25) is 0 Å². The lowest BCUT2D eigenvalue weighted by Gasteiger charge is -2.34. The highest BCUT2D eigenvalue weighted by Crippen LogP contribution is 2.49. The van der Waals surface area contributed by atoms with Crippen LogP contribution in [0.1, 0.15) is 57.4 Å². The van der Waals surface area contributed by atoms with Gasteiger partial charge in [-0.25, -0.2) is 0 Å². The van der Waals surface area contributed by atoms with Gasteiger partial charge in [0.05, 0.1) is 6.07 Å². The van der Waals surface area contributed by atoms with Gasteiger partial charge in [0.25, 0.3) is 5.91 Å². The highest BCUT2D eigenvalue weighted by Gasteiger charge is 2.52. The van der Waals surface area contributed by atoms with Crippen LogP contribution in [0.15, 0.2) is 55.3 Å². The number of nitrogens with one attached hydrogen (secondary N) is 1. The summed E-state index contributed by atoms with van der Waals surface area (Å²) >= 11 is 0. The molecule has 1 saturated carbocycles. The number of likely N-dealkylation sites (tertiary alicyclic amines) is 1. The van der Waals surface area contributed by atoms with Gasteiger partial charge in [-0.1, -0.05) is 31.4 Å². The number of aryl methyl sites for hydroxylation is 2. The number of rotatable bonds is 10. The van der Waals surface area contributed by atoms with Gasteiger partial charge < -0.3 is 25.8 Å². The number of primary amides is 1. The van der Waals surface area contributed by atoms with Gasteiger partial charge in [0.1, 0.15) is 11.5 Å². The second-order valence-electron chi connectivity index (χ2n) is 12.4. The van der Waals surface area contributed by atoms with E-state index in [-0.39, 0.29) is 11.9 Å². The molecule has 2 aromatic carbocycles. The van der Waals surface area contributed by atoms with Crippen molar-refractivity contribution in [3.63, 3.8) is 0 Å². The smallest absolute Gasteiger partial charge is 0.253 e. The van der Waals surface area contributed by atoms with Crippen molar-refractivity contribution in [1.82, 2.24) is 20.0 Å². The first-order valence-corrected chi connectivity index (χ1v) is 14.7. The molecule has 2 aliphatic carbocycles. The molecule has 0 radical (unpaired) electrons. The minimum atomic E-state index is -1.09. The van der Waals surface area contributed by atoms with E-state index in [4.69, 9.17) is 5.73 Å². The summed E-state index contributed by atoms with van der Waals surface area (Å²) in [6, 6.07) is 14.6. The third-order valence-corrected chi connectivity index (χ3v) is 9.36. The largest absolute Gasteiger partial charge is 0.378 e. The number of carbonyl (C=O) groups excluding carboxylic acids is 2. The molecule has 2 fully saturated rings. The number of nitrogens with zero attached hydrogens (tertiary/aromatic N) is 4. The maximum Gasteiger partial charge on any atom is 0.253 e. The van der Waals surface area contributed by atoms with Crippen LogP contribution in [-0.2, 0) is 23.1 Å². The Morgan fingerprint density at radius 2 is 1.64 bits per heavy atom. The van der Waals surface area contributed by atoms with Gasteiger partial charge in [-0.3, -0.25) is 9.59 Å². The van der Waals surface area contributed by atoms with Gasteiger partial charge in [0.2, 0.25) is 5.91 Å². The van der Waals surface area contributed by atoms with Crippen molar-refractivity contribution in [2.75, 3.05) is 41.3 Å². The summed E-state index contributed by atoms with van der Waals surface area (Å²) in [5.74, 6) is 0.119. The van der Waals surface area contributed by atoms with Crippen LogP contribution in [-0.4, -0.2) is 79.9 Å². The molecule has 3 N–H and O–H groups in total. The molecule has 8 heteroatoms. The molecule has 1 heterocycles. The average Bonchev–Trinajstić information content (AvgIpc) is 3.66. The summed E-state index contributed by atoms with van der Waals surface area (Å²) in [5.41, 5.74) is 12.5. The van der Waals surface area contributed by atoms with E-state index in [0.717, 1.165) is 52.1 Å². The Morgan fingerprint density at radius 1 is 1.02 bits per heavy atom. The molecule has 4 atom stereocenters. The minimum absolute atomic E-state index is 0.0792. The molecule has 8 nitrogen and oxygen atoms in total. The number of amides is 2. The first-order chi connectivity index (χ1) is 20.0. The number of hydrogen-bond acceptors (Lipinski definition) is 6. The Morgan fingerprint density at radius 3 is 2.21 bits per heavy atom. The van der Waals surface area contributed by atoms with E-state index < -0.39 is 11.3 Å². The third-order valence-electron chi connectivity index (χ3n) is 9.36. The molecule has 2 amide bonds. The number of benzene rings is 2. The van der Waals surface area contributed by atoms with Crippen molar-refractivity contribution in [2.24, 2.45) is 11.7 Å². The fourth-order valence-corrected chi connectivity index (χ4v) is 6.96. The van der Waals surface area contributed by atoms with Crippen molar-refractivity contribution in [1.29, 1.82) is 5.26 Å². The molecular weight excluding hydrogens is 524 g/mol. The van der Waals surface area contributed by atoms with Crippen molar-refractivity contribution in [3.8, 4) is 6.07 Å². The molecule has 0 aromatic heterocycles. The minimum Gasteiger partial charge on any atom is -0.378 e. The molecule has 3 aliphatic rings. The lowest BCUT2D eigenvalue weighted by molar-refractivity contribution is -0.122. The lowest BCUT2D eigenvalue weighted by atomic mass is 9.69. The fraction of sp³-hybridized carbons (Fsp3) is 0.441. The maximum absolute atomic E-state index is 13.7. The zero-order chi connectivity index (χ0) is 30.3. The summed E-state index contributed by atoms with van der Waals surface area (Å²) in [5, 5.41) is 13.1. The summed E-state index contributed by atoms with van der Waals surface area (Å²) in [4.78, 5) is 32.3. The SMILES string of the molecule is C=C(c1ccc2c(c1)CCc1cc(C(=O)N(C)C)ccc1C2(CCNCC(=C)N1C(C#N)C[C@@H]2CC21)C(N)=O)N(C)C. The van der Waals surface area contributed by atoms with E-state index in [1.807, 2.05) is 49.3 Å². The van der Waals surface area contributed by atoms with Gasteiger partial charge in [-0.15, -0.1) is 0 Å². The molecule has 3 unspecified atom stereocenters. The monoisotopic (exact) mass is 566 g/mol. The summed E-state index contributed by atoms with van der Waals surface area (Å²) < 4.78 is 0. The van der Waals surface area contributed by atoms with E-state index in [2.05, 4.69) is 35.5 Å². The summed E-state index contributed by atoms with van der Waals surface area (Å²) in [6.07, 6.45) is 3.89. The molecule has 0 bridgehead atoms. The second kappa shape index (κ2) is 11.3. The van der Waals surface area contributed by atoms with Crippen LogP contribution in [0.5, 0.6) is 0 Å². The quantitative estimate of drug-likeness (QED) is 0.428. The van der Waals surface area contributed by atoms with Crippen molar-refractivity contribution < 1.29 is 9.59 Å². The van der Waals surface area contributed by atoms with Crippen molar-refractivity contribution in [2.45, 2.75) is 49.6 Å². The topological polar surface area (TPSA) is 106 Å². The van der Waals surface area contributed by atoms with Crippen LogP contribution in [0, 0.1) is 17.2 Å². The molecule has 5 rings (SSSR count). The standard InChI is InChI=1S/C34H42N6O2/c1-21(40-28(19-35)17-27-18-31(27)40)20-37-14-13-34(33(36)42)29-11-9-23(22(2)38(3)4)15-24(29)7-8-25-16-26(10-12-30(25)34)32(41)39(5)6/h9-12,15-16,27-28,31,37H,1-2,7-8,13-14,17-18,20H2,3-6H3,(H2,36,42)/t27-,28?,31?,34?/m1/s1. The van der Waals surface area contributed by atoms with E-state index in [1.54, 1.807) is 19.0 Å². The summed E-state index contributed by atoms with van der Waals surface area (Å²) in [6.45, 7) is 9.58. The predicted octanol–water partition coefficient (Wildman–Crippen LogP) is 3.27. The van der Waals surface area contributed by atoms with Gasteiger partial charge >= 0.3 is 0 Å². The van der Waals surface area contributed by atoms with E-state index in [0.29, 0.717) is 49.9 Å². The van der Waals surface area contributed by atoms with E-state index >= 15 is 0 Å². The molecule has 42 heavy (non-hydrogen) atoms. The van der Waals surface area contributed by atoms with Crippen LogP contribution in [0.4, 0.5) is 0 Å². The van der Waals surface area contributed by atoms with Gasteiger partial charge in [0, 0.05) is 57.7 Å². The van der Waals surface area contributed by atoms with Crippen molar-refractivity contribution in [3.05, 3.63) is 88.6 Å². The molecular formula is C34H42N6O2. The van der Waals surface area contributed by atoms with Gasteiger partial charge in [-0.2, -0.15) is 5.26 Å². The van der Waals surface area contributed by atoms with Gasteiger partial charge in [-0.05, 0) is 90.6 Å². The van der Waals surface area contributed by atoms with Crippen LogP contribution < -0.4 is 11.1 Å². The summed E-state index contributed by atoms with van der Waals surface area (Å²) in [7, 11) is 7.40. The number of fused-ring (bicyclic) bond motifs is 3. The molecule has 0 spiro atoms. The van der Waals surface area contributed by atoms with Crippen LogP contribution >= 0.6 is 0 Å². The Balaban J connectivity index is 1.49.